The number of alkyl halides is 3. The van der Waals surface area contributed by atoms with Crippen LogP contribution in [0.5, 0.6) is 5.75 Å². The van der Waals surface area contributed by atoms with Crippen LogP contribution in [0.25, 0.3) is 0 Å². The van der Waals surface area contributed by atoms with Gasteiger partial charge in [0.25, 0.3) is 17.4 Å². The highest BCUT2D eigenvalue weighted by Gasteiger charge is 2.62. The second-order valence-electron chi connectivity index (χ2n) is 11.6. The summed E-state index contributed by atoms with van der Waals surface area (Å²) in [4.78, 5) is 28.9. The molecule has 222 valence electrons. The monoisotopic (exact) mass is 592 g/mol. The fourth-order valence-electron chi connectivity index (χ4n) is 6.55. The maximum atomic E-state index is 13.9. The van der Waals surface area contributed by atoms with E-state index in [1.165, 1.54) is 24.6 Å². The average molecular weight is 593 g/mol. The maximum Gasteiger partial charge on any atom is 0.430 e. The summed E-state index contributed by atoms with van der Waals surface area (Å²) in [7, 11) is 0. The summed E-state index contributed by atoms with van der Waals surface area (Å²) in [5.41, 5.74) is -3.52. The third-order valence-corrected chi connectivity index (χ3v) is 9.24. The minimum absolute atomic E-state index is 0.00959. The number of nitrogens with zero attached hydrogens (tertiary/aromatic N) is 2. The third-order valence-electron chi connectivity index (χ3n) is 8.93. The van der Waals surface area contributed by atoms with Crippen LogP contribution < -0.4 is 4.74 Å². The molecule has 1 unspecified atom stereocenters. The molecule has 1 saturated carbocycles. The van der Waals surface area contributed by atoms with Crippen molar-refractivity contribution in [1.82, 2.24) is 9.80 Å². The summed E-state index contributed by atoms with van der Waals surface area (Å²) in [5, 5.41) is 11.0. The minimum atomic E-state index is -5.13. The smallest absolute Gasteiger partial charge is 0.430 e. The first-order valence-electron chi connectivity index (χ1n) is 14.4. The number of carbonyl (C=O) groups is 2. The van der Waals surface area contributed by atoms with Gasteiger partial charge in [-0.1, -0.05) is 48.4 Å². The Morgan fingerprint density at radius 3 is 2.34 bits per heavy atom. The van der Waals surface area contributed by atoms with E-state index in [9.17, 15) is 27.9 Å². The molecule has 1 N–H and O–H groups in total. The standard InChI is InChI=1S/C31H36ClF3N2O4/c32-27-19-25(11-12-26(27)28(38)37-20-22-9-10-24(37)18-22)41-17-5-4-6-21-13-15-36(16-14-21)29(39)30(40,31(33,34)35)23-7-2-1-3-8-23/h1-3,7-8,11-12,19,21-22,24,40H,4-6,9-10,13-18,20H2/t22-,24+,30?/m0/s1. The van der Waals surface area contributed by atoms with Crippen molar-refractivity contribution in [2.75, 3.05) is 26.2 Å². The number of likely N-dealkylation sites (tertiary alicyclic amines) is 2. The molecule has 2 heterocycles. The summed E-state index contributed by atoms with van der Waals surface area (Å²) in [6.07, 6.45) is 1.94. The Bertz CT molecular complexity index is 1240. The van der Waals surface area contributed by atoms with E-state index in [-0.39, 0.29) is 24.9 Å². The van der Waals surface area contributed by atoms with Crippen LogP contribution in [-0.2, 0) is 10.4 Å². The predicted octanol–water partition coefficient (Wildman–Crippen LogP) is 6.20. The topological polar surface area (TPSA) is 70.1 Å². The summed E-state index contributed by atoms with van der Waals surface area (Å²) in [6, 6.07) is 12.1. The van der Waals surface area contributed by atoms with Crippen LogP contribution in [0.4, 0.5) is 13.2 Å². The zero-order chi connectivity index (χ0) is 29.2. The minimum Gasteiger partial charge on any atom is -0.494 e. The van der Waals surface area contributed by atoms with Crippen LogP contribution in [0.15, 0.2) is 48.5 Å². The summed E-state index contributed by atoms with van der Waals surface area (Å²) in [6.45, 7) is 1.64. The van der Waals surface area contributed by atoms with Crippen molar-refractivity contribution >= 4 is 23.4 Å². The molecule has 41 heavy (non-hydrogen) atoms. The molecule has 3 aliphatic rings. The van der Waals surface area contributed by atoms with Gasteiger partial charge in [-0.2, -0.15) is 13.2 Å². The molecule has 2 aromatic rings. The molecular weight excluding hydrogens is 557 g/mol. The van der Waals surface area contributed by atoms with Crippen molar-refractivity contribution in [3.8, 4) is 5.75 Å². The maximum absolute atomic E-state index is 13.9. The van der Waals surface area contributed by atoms with Crippen LogP contribution in [0.1, 0.15) is 67.3 Å². The van der Waals surface area contributed by atoms with Crippen LogP contribution in [0.2, 0.25) is 5.02 Å². The van der Waals surface area contributed by atoms with Gasteiger partial charge in [-0.3, -0.25) is 9.59 Å². The molecule has 0 radical (unpaired) electrons. The zero-order valence-electron chi connectivity index (χ0n) is 22.9. The number of aliphatic hydroxyl groups is 1. The number of piperidine rings is 2. The molecule has 0 aromatic heterocycles. The Labute approximate surface area is 243 Å². The molecular formula is C31H36ClF3N2O4. The van der Waals surface area contributed by atoms with Crippen LogP contribution >= 0.6 is 11.6 Å². The number of fused-ring (bicyclic) bond motifs is 2. The molecule has 3 fully saturated rings. The molecule has 5 rings (SSSR count). The number of rotatable bonds is 9. The number of ether oxygens (including phenoxy) is 1. The molecule has 3 atom stereocenters. The lowest BCUT2D eigenvalue weighted by Crippen LogP contribution is -2.57. The van der Waals surface area contributed by atoms with Crippen LogP contribution in [0, 0.1) is 11.8 Å². The Balaban J connectivity index is 1.04. The van der Waals surface area contributed by atoms with E-state index in [4.69, 9.17) is 16.3 Å². The van der Waals surface area contributed by atoms with Crippen molar-refractivity contribution in [3.63, 3.8) is 0 Å². The number of carbonyl (C=O) groups excluding carboxylic acids is 2. The van der Waals surface area contributed by atoms with Gasteiger partial charge < -0.3 is 19.6 Å². The second kappa shape index (κ2) is 12.2. The molecule has 6 nitrogen and oxygen atoms in total. The zero-order valence-corrected chi connectivity index (χ0v) is 23.7. The van der Waals surface area contributed by atoms with Gasteiger partial charge in [0.2, 0.25) is 0 Å². The van der Waals surface area contributed by atoms with E-state index in [1.54, 1.807) is 18.2 Å². The van der Waals surface area contributed by atoms with Crippen LogP contribution in [0.3, 0.4) is 0 Å². The van der Waals surface area contributed by atoms with E-state index in [1.807, 2.05) is 4.90 Å². The van der Waals surface area contributed by atoms with Crippen molar-refractivity contribution in [1.29, 1.82) is 0 Å². The summed E-state index contributed by atoms with van der Waals surface area (Å²) < 4.78 is 47.5. The van der Waals surface area contributed by atoms with Gasteiger partial charge in [-0.15, -0.1) is 0 Å². The van der Waals surface area contributed by atoms with Gasteiger partial charge in [0, 0.05) is 31.2 Å². The quantitative estimate of drug-likeness (QED) is 0.352. The lowest BCUT2D eigenvalue weighted by Gasteiger charge is -2.38. The fourth-order valence-corrected chi connectivity index (χ4v) is 6.80. The van der Waals surface area contributed by atoms with Gasteiger partial charge in [0.05, 0.1) is 17.2 Å². The first kappa shape index (κ1) is 29.7. The van der Waals surface area contributed by atoms with Crippen molar-refractivity contribution in [2.45, 2.75) is 69.2 Å². The molecule has 2 bridgehead atoms. The van der Waals surface area contributed by atoms with E-state index in [0.29, 0.717) is 47.7 Å². The van der Waals surface area contributed by atoms with E-state index < -0.39 is 23.2 Å². The number of benzene rings is 2. The molecule has 2 amide bonds. The van der Waals surface area contributed by atoms with Crippen molar-refractivity contribution in [3.05, 3.63) is 64.7 Å². The predicted molar refractivity (Wildman–Crippen MR) is 149 cm³/mol. The number of unbranched alkanes of at least 4 members (excludes halogenated alkanes) is 1. The Morgan fingerprint density at radius 1 is 1.00 bits per heavy atom. The van der Waals surface area contributed by atoms with E-state index in [0.717, 1.165) is 55.7 Å². The highest BCUT2D eigenvalue weighted by atomic mass is 35.5. The normalized spacial score (nSPS) is 22.6. The Kier molecular flexibility index (Phi) is 8.85. The number of halogens is 4. The average Bonchev–Trinajstić information content (AvgIpc) is 3.60. The SMILES string of the molecule is O=C(c1ccc(OCCCCC2CCN(C(=O)C(O)(c3ccccc3)C(F)(F)F)CC2)cc1Cl)N1C[C@H]2CC[C@@H]1C2. The Morgan fingerprint density at radius 2 is 1.73 bits per heavy atom. The highest BCUT2D eigenvalue weighted by molar-refractivity contribution is 6.34. The first-order chi connectivity index (χ1) is 19.6. The van der Waals surface area contributed by atoms with Gasteiger partial charge in [-0.25, -0.2) is 0 Å². The number of hydrogen-bond acceptors (Lipinski definition) is 4. The molecule has 10 heteroatoms. The molecule has 1 aliphatic carbocycles. The Hall–Kier alpha value is -2.78. The lowest BCUT2D eigenvalue weighted by atomic mass is 9.88. The van der Waals surface area contributed by atoms with E-state index in [2.05, 4.69) is 0 Å². The first-order valence-corrected chi connectivity index (χ1v) is 14.8. The lowest BCUT2D eigenvalue weighted by molar-refractivity contribution is -0.262. The fraction of sp³-hybridized carbons (Fsp3) is 0.548. The number of hydrogen-bond donors (Lipinski definition) is 1. The molecule has 0 spiro atoms. The van der Waals surface area contributed by atoms with Crippen molar-refractivity contribution in [2.24, 2.45) is 11.8 Å². The highest BCUT2D eigenvalue weighted by Crippen LogP contribution is 2.42. The molecule has 2 aromatic carbocycles. The summed E-state index contributed by atoms with van der Waals surface area (Å²) in [5.74, 6) is 0.188. The van der Waals surface area contributed by atoms with Gasteiger partial charge in [0.1, 0.15) is 5.75 Å². The van der Waals surface area contributed by atoms with E-state index >= 15 is 0 Å². The third kappa shape index (κ3) is 6.21. The molecule has 2 saturated heterocycles. The van der Waals surface area contributed by atoms with Crippen LogP contribution in [-0.4, -0.2) is 65.2 Å². The molecule has 2 aliphatic heterocycles. The van der Waals surface area contributed by atoms with Gasteiger partial charge in [-0.05, 0) is 75.0 Å². The van der Waals surface area contributed by atoms with Crippen molar-refractivity contribution < 1.29 is 32.6 Å². The summed E-state index contributed by atoms with van der Waals surface area (Å²) >= 11 is 6.43. The number of amides is 2. The second-order valence-corrected chi connectivity index (χ2v) is 12.0. The van der Waals surface area contributed by atoms with Gasteiger partial charge >= 0.3 is 6.18 Å². The largest absolute Gasteiger partial charge is 0.494 e. The van der Waals surface area contributed by atoms with Gasteiger partial charge in [0.15, 0.2) is 0 Å².